The van der Waals surface area contributed by atoms with Gasteiger partial charge in [0.1, 0.15) is 5.60 Å². The van der Waals surface area contributed by atoms with Gasteiger partial charge in [0.15, 0.2) is 0 Å². The first-order valence-corrected chi connectivity index (χ1v) is 9.38. The molecule has 0 bridgehead atoms. The lowest BCUT2D eigenvalue weighted by atomic mass is 10.1. The maximum absolute atomic E-state index is 12.1. The molecule has 0 saturated carbocycles. The molecule has 21 heavy (non-hydrogen) atoms. The van der Waals surface area contributed by atoms with Crippen LogP contribution in [0, 0.1) is 13.8 Å². The minimum Gasteiger partial charge on any atom is -0.376 e. The van der Waals surface area contributed by atoms with Crippen molar-refractivity contribution in [2.24, 2.45) is 0 Å². The molecule has 1 atom stereocenters. The van der Waals surface area contributed by atoms with Crippen molar-refractivity contribution < 1.29 is 17.9 Å². The van der Waals surface area contributed by atoms with Crippen molar-refractivity contribution in [3.8, 4) is 0 Å². The van der Waals surface area contributed by atoms with Gasteiger partial charge in [0.05, 0.1) is 36.3 Å². The van der Waals surface area contributed by atoms with Gasteiger partial charge in [0.2, 0.25) is 10.0 Å². The van der Waals surface area contributed by atoms with Gasteiger partial charge in [-0.15, -0.1) is 11.3 Å². The average molecular weight is 334 g/mol. The van der Waals surface area contributed by atoms with E-state index in [0.29, 0.717) is 32.8 Å². The quantitative estimate of drug-likeness (QED) is 0.841. The molecule has 1 aromatic rings. The average Bonchev–Trinajstić information content (AvgIpc) is 2.67. The highest BCUT2D eigenvalue weighted by Crippen LogP contribution is 2.19. The number of hydrogen-bond donors (Lipinski definition) is 1. The normalized spacial score (nSPS) is 23.4. The fourth-order valence-electron chi connectivity index (χ4n) is 2.34. The molecule has 2 heterocycles. The van der Waals surface area contributed by atoms with Crippen LogP contribution in [0.3, 0.4) is 0 Å². The molecule has 8 heteroatoms. The molecule has 1 N–H and O–H groups in total. The fourth-order valence-corrected chi connectivity index (χ4v) is 4.76. The minimum absolute atomic E-state index is 0.0826. The van der Waals surface area contributed by atoms with Crippen LogP contribution in [-0.2, 0) is 25.9 Å². The highest BCUT2D eigenvalue weighted by Gasteiger charge is 2.34. The predicted octanol–water partition coefficient (Wildman–Crippen LogP) is 1.03. The Bertz CT molecular complexity index is 577. The Balaban J connectivity index is 1.85. The van der Waals surface area contributed by atoms with E-state index >= 15 is 0 Å². The van der Waals surface area contributed by atoms with E-state index in [4.69, 9.17) is 9.47 Å². The molecule has 1 aromatic heterocycles. The third-order valence-corrected chi connectivity index (χ3v) is 6.02. The maximum Gasteiger partial charge on any atom is 0.214 e. The number of nitrogens with one attached hydrogen (secondary N) is 1. The Hall–Kier alpha value is -0.540. The molecule has 1 saturated heterocycles. The molecule has 6 nitrogen and oxygen atoms in total. The van der Waals surface area contributed by atoms with Crippen molar-refractivity contribution in [3.05, 3.63) is 15.6 Å². The van der Waals surface area contributed by atoms with Crippen LogP contribution in [0.15, 0.2) is 0 Å². The summed E-state index contributed by atoms with van der Waals surface area (Å²) in [5.41, 5.74) is 0.217. The predicted molar refractivity (Wildman–Crippen MR) is 82.3 cm³/mol. The van der Waals surface area contributed by atoms with Crippen LogP contribution in [0.25, 0.3) is 0 Å². The molecule has 0 aromatic carbocycles. The third kappa shape index (κ3) is 5.00. The van der Waals surface area contributed by atoms with Gasteiger partial charge in [-0.25, -0.2) is 18.1 Å². The molecular weight excluding hydrogens is 312 g/mol. The van der Waals surface area contributed by atoms with E-state index in [9.17, 15) is 8.42 Å². The number of hydrogen-bond acceptors (Lipinski definition) is 6. The van der Waals surface area contributed by atoms with Gasteiger partial charge in [-0.3, -0.25) is 0 Å². The van der Waals surface area contributed by atoms with Gasteiger partial charge in [0.25, 0.3) is 0 Å². The number of sulfonamides is 1. The number of ether oxygens (including phenoxy) is 2. The van der Waals surface area contributed by atoms with Crippen molar-refractivity contribution in [2.45, 2.75) is 32.8 Å². The lowest BCUT2D eigenvalue weighted by molar-refractivity contribution is -0.135. The zero-order valence-electron chi connectivity index (χ0n) is 12.6. The number of aromatic nitrogens is 1. The van der Waals surface area contributed by atoms with Crippen LogP contribution in [-0.4, -0.2) is 51.1 Å². The molecule has 0 radical (unpaired) electrons. The van der Waals surface area contributed by atoms with Crippen molar-refractivity contribution in [3.63, 3.8) is 0 Å². The second-order valence-electron chi connectivity index (χ2n) is 5.50. The molecule has 0 aliphatic carbocycles. The van der Waals surface area contributed by atoms with Crippen molar-refractivity contribution in [1.29, 1.82) is 0 Å². The largest absolute Gasteiger partial charge is 0.376 e. The van der Waals surface area contributed by atoms with Gasteiger partial charge in [-0.05, 0) is 27.2 Å². The Kier molecular flexibility index (Phi) is 5.37. The van der Waals surface area contributed by atoms with E-state index in [2.05, 4.69) is 9.71 Å². The van der Waals surface area contributed by atoms with Crippen LogP contribution in [0.5, 0.6) is 0 Å². The van der Waals surface area contributed by atoms with E-state index in [1.165, 1.54) is 0 Å². The number of aryl methyl sites for hydroxylation is 2. The van der Waals surface area contributed by atoms with E-state index in [1.54, 1.807) is 18.3 Å². The number of thiazole rings is 1. The van der Waals surface area contributed by atoms with Crippen LogP contribution in [0.4, 0.5) is 0 Å². The molecule has 0 spiro atoms. The Morgan fingerprint density at radius 1 is 1.38 bits per heavy atom. The number of rotatable bonds is 6. The van der Waals surface area contributed by atoms with E-state index < -0.39 is 15.6 Å². The standard InChI is InChI=1S/C13H22N2O4S2/c1-10-12(20-11(2)15-10)4-5-14-21(16,17)9-13(3)8-18-6-7-19-13/h14H,4-9H2,1-3H3. The van der Waals surface area contributed by atoms with Gasteiger partial charge in [0, 0.05) is 11.4 Å². The monoisotopic (exact) mass is 334 g/mol. The summed E-state index contributed by atoms with van der Waals surface area (Å²) >= 11 is 1.61. The summed E-state index contributed by atoms with van der Waals surface area (Å²) < 4.78 is 37.7. The number of nitrogens with zero attached hydrogens (tertiary/aromatic N) is 1. The summed E-state index contributed by atoms with van der Waals surface area (Å²) in [7, 11) is -3.39. The topological polar surface area (TPSA) is 77.5 Å². The smallest absolute Gasteiger partial charge is 0.214 e. The van der Waals surface area contributed by atoms with Crippen LogP contribution >= 0.6 is 11.3 Å². The minimum atomic E-state index is -3.39. The maximum atomic E-state index is 12.1. The van der Waals surface area contributed by atoms with E-state index in [1.807, 2.05) is 13.8 Å². The highest BCUT2D eigenvalue weighted by molar-refractivity contribution is 7.89. The van der Waals surface area contributed by atoms with Crippen molar-refractivity contribution >= 4 is 21.4 Å². The van der Waals surface area contributed by atoms with Gasteiger partial charge < -0.3 is 9.47 Å². The molecule has 1 fully saturated rings. The van der Waals surface area contributed by atoms with E-state index in [-0.39, 0.29) is 5.75 Å². The zero-order valence-corrected chi connectivity index (χ0v) is 14.3. The summed E-state index contributed by atoms with van der Waals surface area (Å²) in [6.45, 7) is 7.30. The first kappa shape index (κ1) is 16.8. The van der Waals surface area contributed by atoms with Gasteiger partial charge in [-0.1, -0.05) is 0 Å². The third-order valence-electron chi connectivity index (χ3n) is 3.25. The second-order valence-corrected chi connectivity index (χ2v) is 8.59. The Morgan fingerprint density at radius 3 is 2.71 bits per heavy atom. The first-order chi connectivity index (χ1) is 9.80. The zero-order chi connectivity index (χ0) is 15.5. The SMILES string of the molecule is Cc1nc(C)c(CCNS(=O)(=O)CC2(C)COCCO2)s1. The summed E-state index contributed by atoms with van der Waals surface area (Å²) in [6.07, 6.45) is 0.657. The first-order valence-electron chi connectivity index (χ1n) is 6.92. The summed E-state index contributed by atoms with van der Waals surface area (Å²) in [4.78, 5) is 5.46. The molecule has 1 unspecified atom stereocenters. The Morgan fingerprint density at radius 2 is 2.14 bits per heavy atom. The summed E-state index contributed by atoms with van der Waals surface area (Å²) in [5.74, 6) is -0.0826. The van der Waals surface area contributed by atoms with Crippen LogP contribution in [0.1, 0.15) is 22.5 Å². The fraction of sp³-hybridized carbons (Fsp3) is 0.769. The van der Waals surface area contributed by atoms with Gasteiger partial charge in [-0.2, -0.15) is 0 Å². The van der Waals surface area contributed by atoms with E-state index in [0.717, 1.165) is 15.6 Å². The lowest BCUT2D eigenvalue weighted by Gasteiger charge is -2.33. The highest BCUT2D eigenvalue weighted by atomic mass is 32.2. The lowest BCUT2D eigenvalue weighted by Crippen LogP contribution is -2.48. The molecule has 0 amide bonds. The summed E-state index contributed by atoms with van der Waals surface area (Å²) in [6, 6.07) is 0. The molecule has 1 aliphatic heterocycles. The van der Waals surface area contributed by atoms with Crippen molar-refractivity contribution in [2.75, 3.05) is 32.1 Å². The Labute approximate surface area is 129 Å². The molecule has 1 aliphatic rings. The molecule has 2 rings (SSSR count). The molecular formula is C13H22N2O4S2. The summed E-state index contributed by atoms with van der Waals surface area (Å²) in [5, 5.41) is 1.01. The second kappa shape index (κ2) is 6.70. The van der Waals surface area contributed by atoms with Crippen LogP contribution in [0.2, 0.25) is 0 Å². The van der Waals surface area contributed by atoms with Crippen molar-refractivity contribution in [1.82, 2.24) is 9.71 Å². The van der Waals surface area contributed by atoms with Crippen LogP contribution < -0.4 is 4.72 Å². The van der Waals surface area contributed by atoms with Gasteiger partial charge >= 0.3 is 0 Å². The molecule has 120 valence electrons.